The van der Waals surface area contributed by atoms with Gasteiger partial charge in [0, 0.05) is 12.3 Å². The molecule has 2 aliphatic heterocycles. The molecule has 20 heteroatoms. The molecule has 0 aromatic carbocycles. The van der Waals surface area contributed by atoms with Crippen molar-refractivity contribution in [3.63, 3.8) is 0 Å². The minimum atomic E-state index is -5.86. The van der Waals surface area contributed by atoms with E-state index in [1.165, 1.54) is 0 Å². The molecule has 5 atom stereocenters. The number of rotatable bonds is 9. The third-order valence-electron chi connectivity index (χ3n) is 3.92. The van der Waals surface area contributed by atoms with E-state index in [9.17, 15) is 37.3 Å². The lowest BCUT2D eigenvalue weighted by Gasteiger charge is -2.34. The number of hydrogen-bond acceptors (Lipinski definition) is 10. The van der Waals surface area contributed by atoms with Crippen molar-refractivity contribution in [3.8, 4) is 0 Å². The molecular formula is C12H17F2N2O13P3. The lowest BCUT2D eigenvalue weighted by molar-refractivity contribution is -0.153. The Morgan fingerprint density at radius 2 is 1.81 bits per heavy atom. The number of halogens is 2. The van der Waals surface area contributed by atoms with Crippen molar-refractivity contribution in [1.82, 2.24) is 10.2 Å². The van der Waals surface area contributed by atoms with E-state index < -0.39 is 59.8 Å². The molecule has 0 bridgehead atoms. The normalized spacial score (nSPS) is 31.7. The summed E-state index contributed by atoms with van der Waals surface area (Å²) in [5.74, 6) is -5.17. The third kappa shape index (κ3) is 5.97. The maximum atomic E-state index is 14.8. The first kappa shape index (κ1) is 26.9. The number of ether oxygens (including phenoxy) is 1. The van der Waals surface area contributed by atoms with Crippen LogP contribution >= 0.6 is 23.5 Å². The highest BCUT2D eigenvalue weighted by atomic mass is 31.3. The molecule has 0 saturated carbocycles. The summed E-state index contributed by atoms with van der Waals surface area (Å²) in [6, 6.07) is 0. The van der Waals surface area contributed by atoms with Gasteiger partial charge in [0.15, 0.2) is 6.10 Å². The second-order valence-corrected chi connectivity index (χ2v) is 10.6. The fourth-order valence-electron chi connectivity index (χ4n) is 2.58. The minimum absolute atomic E-state index is 0.359. The Kier molecular flexibility index (Phi) is 7.40. The van der Waals surface area contributed by atoms with E-state index in [0.717, 1.165) is 12.3 Å². The highest BCUT2D eigenvalue weighted by Crippen LogP contribution is 2.66. The van der Waals surface area contributed by atoms with Gasteiger partial charge >= 0.3 is 29.4 Å². The van der Waals surface area contributed by atoms with Gasteiger partial charge in [0.05, 0.1) is 6.61 Å². The molecule has 2 rings (SSSR count). The standard InChI is InChI=1S/C12H17F2N2O13P3/c1-3-11(6-26-31(22,23)29-32(24,25)28-30(19,20)21)9(18)12(13,14)10(27-11)16-5-4-8(17)15-7(16)2/h3-5,9-10,18H,1-2,6H2,(H,15,17)(H,22,23)(H,24,25)(H2,19,20,21)/t9-,10-,11-/m1/s1. The third-order valence-corrected chi connectivity index (χ3v) is 7.70. The summed E-state index contributed by atoms with van der Waals surface area (Å²) in [6.07, 6.45) is -2.80. The maximum absolute atomic E-state index is 14.8. The predicted octanol–water partition coefficient (Wildman–Crippen LogP) is 0.0237. The summed E-state index contributed by atoms with van der Waals surface area (Å²) in [5, 5.41) is 12.3. The number of aliphatic hydroxyl groups is 1. The van der Waals surface area contributed by atoms with Crippen molar-refractivity contribution in [2.75, 3.05) is 6.61 Å². The van der Waals surface area contributed by atoms with E-state index in [2.05, 4.69) is 31.6 Å². The molecule has 15 nitrogen and oxygen atoms in total. The summed E-state index contributed by atoms with van der Waals surface area (Å²) < 4.78 is 79.8. The summed E-state index contributed by atoms with van der Waals surface area (Å²) in [6.45, 7) is 5.13. The van der Waals surface area contributed by atoms with E-state index >= 15 is 0 Å². The van der Waals surface area contributed by atoms with E-state index in [-0.39, 0.29) is 5.82 Å². The summed E-state index contributed by atoms with van der Waals surface area (Å²) in [4.78, 5) is 47.5. The number of carbonyl (C=O) groups is 1. The van der Waals surface area contributed by atoms with Crippen LogP contribution in [0.15, 0.2) is 37.3 Å². The zero-order valence-corrected chi connectivity index (χ0v) is 18.2. The molecule has 0 aromatic heterocycles. The molecule has 1 fully saturated rings. The fourth-order valence-corrected chi connectivity index (χ4v) is 5.64. The first-order valence-corrected chi connectivity index (χ1v) is 12.5. The van der Waals surface area contributed by atoms with Crippen molar-refractivity contribution in [3.05, 3.63) is 37.3 Å². The molecule has 0 aromatic rings. The lowest BCUT2D eigenvalue weighted by Crippen LogP contribution is -2.51. The molecule has 0 aliphatic carbocycles. The van der Waals surface area contributed by atoms with E-state index in [4.69, 9.17) is 19.4 Å². The molecule has 2 aliphatic rings. The summed E-state index contributed by atoms with van der Waals surface area (Å²) >= 11 is 0. The van der Waals surface area contributed by atoms with E-state index in [1.807, 2.05) is 0 Å². The highest BCUT2D eigenvalue weighted by molar-refractivity contribution is 7.66. The van der Waals surface area contributed by atoms with Crippen molar-refractivity contribution in [1.29, 1.82) is 0 Å². The van der Waals surface area contributed by atoms with Gasteiger partial charge in [-0.1, -0.05) is 12.7 Å². The van der Waals surface area contributed by atoms with Crippen LogP contribution in [-0.4, -0.2) is 65.9 Å². The average Bonchev–Trinajstić information content (AvgIpc) is 2.78. The number of phosphoric ester groups is 1. The number of nitrogens with zero attached hydrogens (tertiary/aromatic N) is 1. The number of alkyl halides is 2. The van der Waals surface area contributed by atoms with Crippen LogP contribution in [0.2, 0.25) is 0 Å². The van der Waals surface area contributed by atoms with Crippen LogP contribution in [0.1, 0.15) is 0 Å². The number of amides is 1. The number of carbonyl (C=O) groups excluding carboxylic acids is 1. The molecule has 0 radical (unpaired) electrons. The Labute approximate surface area is 178 Å². The first-order valence-electron chi connectivity index (χ1n) is 7.96. The topological polar surface area (TPSA) is 222 Å². The molecular weight excluding hydrogens is 511 g/mol. The van der Waals surface area contributed by atoms with Crippen LogP contribution in [-0.2, 0) is 36.4 Å². The summed E-state index contributed by atoms with van der Waals surface area (Å²) in [7, 11) is -17.2. The van der Waals surface area contributed by atoms with Gasteiger partial charge in [0.2, 0.25) is 6.23 Å². The van der Waals surface area contributed by atoms with Crippen LogP contribution < -0.4 is 5.32 Å². The second-order valence-electron chi connectivity index (χ2n) is 6.23. The fraction of sp³-hybridized carbons (Fsp3) is 0.417. The molecule has 32 heavy (non-hydrogen) atoms. The van der Waals surface area contributed by atoms with Crippen LogP contribution in [0.4, 0.5) is 8.78 Å². The Hall–Kier alpha value is -1.32. The molecule has 0 spiro atoms. The minimum Gasteiger partial charge on any atom is -0.383 e. The molecule has 2 unspecified atom stereocenters. The first-order chi connectivity index (χ1) is 14.3. The monoisotopic (exact) mass is 528 g/mol. The van der Waals surface area contributed by atoms with Gasteiger partial charge in [-0.15, -0.1) is 6.58 Å². The van der Waals surface area contributed by atoms with Gasteiger partial charge in [-0.25, -0.2) is 13.7 Å². The van der Waals surface area contributed by atoms with Gasteiger partial charge < -0.3 is 39.6 Å². The zero-order valence-electron chi connectivity index (χ0n) is 15.6. The van der Waals surface area contributed by atoms with Crippen LogP contribution in [0, 0.1) is 0 Å². The van der Waals surface area contributed by atoms with E-state index in [1.54, 1.807) is 0 Å². The molecule has 1 saturated heterocycles. The molecule has 6 N–H and O–H groups in total. The van der Waals surface area contributed by atoms with Crippen molar-refractivity contribution in [2.24, 2.45) is 0 Å². The van der Waals surface area contributed by atoms with Crippen LogP contribution in [0.3, 0.4) is 0 Å². The van der Waals surface area contributed by atoms with Gasteiger partial charge in [-0.2, -0.15) is 17.4 Å². The second kappa shape index (κ2) is 8.80. The molecule has 1 amide bonds. The van der Waals surface area contributed by atoms with Gasteiger partial charge in [-0.3, -0.25) is 9.32 Å². The van der Waals surface area contributed by atoms with Gasteiger partial charge in [-0.05, 0) is 0 Å². The maximum Gasteiger partial charge on any atom is 0.490 e. The SMILES string of the molecule is C=C[C@]1(COP(=O)(O)OP(=O)(O)OP(=O)(O)O)O[C@@H](N2C=CC(=O)NC2=C)C(F)(F)[C@@H]1O. The van der Waals surface area contributed by atoms with Gasteiger partial charge in [0.25, 0.3) is 5.91 Å². The van der Waals surface area contributed by atoms with Gasteiger partial charge in [0.1, 0.15) is 11.4 Å². The largest absolute Gasteiger partial charge is 0.490 e. The lowest BCUT2D eigenvalue weighted by atomic mass is 9.95. The smallest absolute Gasteiger partial charge is 0.383 e. The van der Waals surface area contributed by atoms with Crippen molar-refractivity contribution in [2.45, 2.75) is 23.9 Å². The Balaban J connectivity index is 2.23. The molecule has 2 heterocycles. The average molecular weight is 528 g/mol. The van der Waals surface area contributed by atoms with Crippen molar-refractivity contribution < 1.29 is 69.8 Å². The molecule has 182 valence electrons. The number of phosphoric acid groups is 3. The Morgan fingerprint density at radius 3 is 2.31 bits per heavy atom. The van der Waals surface area contributed by atoms with Crippen LogP contribution in [0.5, 0.6) is 0 Å². The number of hydrogen-bond donors (Lipinski definition) is 6. The van der Waals surface area contributed by atoms with Crippen molar-refractivity contribution >= 4 is 29.4 Å². The quantitative estimate of drug-likeness (QED) is 0.172. The number of aliphatic hydroxyl groups excluding tert-OH is 1. The van der Waals surface area contributed by atoms with Crippen LogP contribution in [0.25, 0.3) is 0 Å². The Bertz CT molecular complexity index is 983. The highest BCUT2D eigenvalue weighted by Gasteiger charge is 2.67. The van der Waals surface area contributed by atoms with E-state index in [0.29, 0.717) is 11.0 Å². The predicted molar refractivity (Wildman–Crippen MR) is 96.8 cm³/mol. The Morgan fingerprint density at radius 1 is 1.22 bits per heavy atom. The summed E-state index contributed by atoms with van der Waals surface area (Å²) in [5.41, 5.74) is -2.62. The number of nitrogens with one attached hydrogen (secondary N) is 1. The zero-order chi connectivity index (χ0) is 24.8.